The molecule has 1 aromatic rings. The highest BCUT2D eigenvalue weighted by Gasteiger charge is 2.31. The maximum atomic E-state index is 5.68. The Bertz CT molecular complexity index is 452. The van der Waals surface area contributed by atoms with Crippen molar-refractivity contribution in [1.29, 1.82) is 0 Å². The molecular formula is C16H25BrN2O. The number of hydrogen-bond acceptors (Lipinski definition) is 3. The lowest BCUT2D eigenvalue weighted by Crippen LogP contribution is -2.47. The van der Waals surface area contributed by atoms with E-state index in [4.69, 9.17) is 4.74 Å². The van der Waals surface area contributed by atoms with E-state index in [1.807, 2.05) is 7.11 Å². The predicted octanol–water partition coefficient (Wildman–Crippen LogP) is 3.56. The lowest BCUT2D eigenvalue weighted by Gasteiger charge is -2.41. The third-order valence-electron chi connectivity index (χ3n) is 4.08. The molecule has 0 amide bonds. The fourth-order valence-electron chi connectivity index (χ4n) is 2.76. The van der Waals surface area contributed by atoms with Crippen molar-refractivity contribution in [2.24, 2.45) is 0 Å². The number of nitrogens with zero attached hydrogens (tertiary/aromatic N) is 1. The van der Waals surface area contributed by atoms with Gasteiger partial charge in [-0.25, -0.2) is 0 Å². The summed E-state index contributed by atoms with van der Waals surface area (Å²) < 4.78 is 6.85. The standard InChI is InChI=1S/C16H25BrN2O/c1-4-18-11-13-6-7-15(14(17)10-13)19-9-5-8-16(2,12-19)20-3/h6-7,10,18H,4-5,8-9,11-12H2,1-3H3. The zero-order valence-electron chi connectivity index (χ0n) is 12.7. The van der Waals surface area contributed by atoms with Gasteiger partial charge in [0.25, 0.3) is 0 Å². The van der Waals surface area contributed by atoms with Gasteiger partial charge in [-0.1, -0.05) is 13.0 Å². The lowest BCUT2D eigenvalue weighted by molar-refractivity contribution is -0.00467. The van der Waals surface area contributed by atoms with Crippen molar-refractivity contribution in [2.45, 2.75) is 38.8 Å². The van der Waals surface area contributed by atoms with Crippen LogP contribution >= 0.6 is 15.9 Å². The first kappa shape index (κ1) is 15.8. The van der Waals surface area contributed by atoms with Gasteiger partial charge in [0.2, 0.25) is 0 Å². The van der Waals surface area contributed by atoms with E-state index in [-0.39, 0.29) is 5.60 Å². The van der Waals surface area contributed by atoms with Crippen LogP contribution in [0.1, 0.15) is 32.3 Å². The number of halogens is 1. The van der Waals surface area contributed by atoms with Crippen LogP contribution in [0.25, 0.3) is 0 Å². The molecule has 0 bridgehead atoms. The molecular weight excluding hydrogens is 316 g/mol. The second kappa shape index (κ2) is 6.92. The summed E-state index contributed by atoms with van der Waals surface area (Å²) in [6.07, 6.45) is 2.31. The summed E-state index contributed by atoms with van der Waals surface area (Å²) in [6.45, 7) is 8.30. The molecule has 1 N–H and O–H groups in total. The van der Waals surface area contributed by atoms with Crippen LogP contribution in [0.4, 0.5) is 5.69 Å². The van der Waals surface area contributed by atoms with Gasteiger partial charge in [-0.3, -0.25) is 0 Å². The van der Waals surface area contributed by atoms with E-state index in [0.717, 1.165) is 32.6 Å². The average Bonchev–Trinajstić information content (AvgIpc) is 2.45. The quantitative estimate of drug-likeness (QED) is 0.886. The Morgan fingerprint density at radius 3 is 2.90 bits per heavy atom. The van der Waals surface area contributed by atoms with Gasteiger partial charge in [-0.15, -0.1) is 0 Å². The monoisotopic (exact) mass is 340 g/mol. The minimum absolute atomic E-state index is 0.0277. The number of nitrogens with one attached hydrogen (secondary N) is 1. The Morgan fingerprint density at radius 1 is 1.45 bits per heavy atom. The number of methoxy groups -OCH3 is 1. The number of rotatable bonds is 5. The van der Waals surface area contributed by atoms with Crippen molar-refractivity contribution in [3.63, 3.8) is 0 Å². The maximum absolute atomic E-state index is 5.68. The zero-order chi connectivity index (χ0) is 14.6. The molecule has 1 aliphatic heterocycles. The summed E-state index contributed by atoms with van der Waals surface area (Å²) >= 11 is 3.72. The molecule has 4 heteroatoms. The molecule has 1 unspecified atom stereocenters. The van der Waals surface area contributed by atoms with Crippen LogP contribution in [0.5, 0.6) is 0 Å². The molecule has 1 heterocycles. The highest BCUT2D eigenvalue weighted by molar-refractivity contribution is 9.10. The Balaban J connectivity index is 2.12. The summed E-state index contributed by atoms with van der Waals surface area (Å²) in [5.41, 5.74) is 2.56. The van der Waals surface area contributed by atoms with E-state index in [2.05, 4.69) is 58.2 Å². The Kier molecular flexibility index (Phi) is 5.47. The topological polar surface area (TPSA) is 24.5 Å². The van der Waals surface area contributed by atoms with Crippen LogP contribution in [0.15, 0.2) is 22.7 Å². The van der Waals surface area contributed by atoms with Gasteiger partial charge >= 0.3 is 0 Å². The summed E-state index contributed by atoms with van der Waals surface area (Å²) in [5.74, 6) is 0. The van der Waals surface area contributed by atoms with E-state index in [1.54, 1.807) is 0 Å². The Labute approximate surface area is 130 Å². The first-order valence-corrected chi connectivity index (χ1v) is 8.16. The molecule has 112 valence electrons. The van der Waals surface area contributed by atoms with E-state index < -0.39 is 0 Å². The summed E-state index contributed by atoms with van der Waals surface area (Å²) in [4.78, 5) is 2.42. The van der Waals surface area contributed by atoms with Crippen LogP contribution in [0.2, 0.25) is 0 Å². The second-order valence-corrected chi connectivity index (χ2v) is 6.60. The summed E-state index contributed by atoms with van der Waals surface area (Å²) in [5, 5.41) is 3.36. The summed E-state index contributed by atoms with van der Waals surface area (Å²) in [6, 6.07) is 6.65. The highest BCUT2D eigenvalue weighted by atomic mass is 79.9. The molecule has 0 aliphatic carbocycles. The fourth-order valence-corrected chi connectivity index (χ4v) is 3.44. The Morgan fingerprint density at radius 2 is 2.25 bits per heavy atom. The molecule has 1 aliphatic rings. The second-order valence-electron chi connectivity index (χ2n) is 5.75. The smallest absolute Gasteiger partial charge is 0.0825 e. The van der Waals surface area contributed by atoms with Crippen molar-refractivity contribution < 1.29 is 4.74 Å². The van der Waals surface area contributed by atoms with E-state index in [1.165, 1.54) is 22.1 Å². The molecule has 0 spiro atoms. The molecule has 2 rings (SSSR count). The lowest BCUT2D eigenvalue weighted by atomic mass is 9.94. The normalized spacial score (nSPS) is 23.1. The van der Waals surface area contributed by atoms with Crippen LogP contribution in [0, 0.1) is 0 Å². The fraction of sp³-hybridized carbons (Fsp3) is 0.625. The van der Waals surface area contributed by atoms with Gasteiger partial charge in [0.1, 0.15) is 0 Å². The van der Waals surface area contributed by atoms with Crippen molar-refractivity contribution in [1.82, 2.24) is 5.32 Å². The molecule has 1 aromatic carbocycles. The van der Waals surface area contributed by atoms with Crippen molar-refractivity contribution >= 4 is 21.6 Å². The van der Waals surface area contributed by atoms with Crippen LogP contribution < -0.4 is 10.2 Å². The number of ether oxygens (including phenoxy) is 1. The van der Waals surface area contributed by atoms with Crippen molar-refractivity contribution in [3.05, 3.63) is 28.2 Å². The molecule has 0 saturated carbocycles. The van der Waals surface area contributed by atoms with Crippen LogP contribution in [-0.2, 0) is 11.3 Å². The van der Waals surface area contributed by atoms with E-state index >= 15 is 0 Å². The van der Waals surface area contributed by atoms with Gasteiger partial charge in [0, 0.05) is 31.2 Å². The summed E-state index contributed by atoms with van der Waals surface area (Å²) in [7, 11) is 1.82. The predicted molar refractivity (Wildman–Crippen MR) is 88.4 cm³/mol. The van der Waals surface area contributed by atoms with Crippen LogP contribution in [-0.4, -0.2) is 32.3 Å². The largest absolute Gasteiger partial charge is 0.377 e. The minimum Gasteiger partial charge on any atom is -0.377 e. The maximum Gasteiger partial charge on any atom is 0.0825 e. The SMILES string of the molecule is CCNCc1ccc(N2CCCC(C)(OC)C2)c(Br)c1. The third-order valence-corrected chi connectivity index (χ3v) is 4.72. The third kappa shape index (κ3) is 3.74. The van der Waals surface area contributed by atoms with Gasteiger partial charge in [-0.2, -0.15) is 0 Å². The molecule has 20 heavy (non-hydrogen) atoms. The van der Waals surface area contributed by atoms with Gasteiger partial charge in [0.15, 0.2) is 0 Å². The zero-order valence-corrected chi connectivity index (χ0v) is 14.3. The van der Waals surface area contributed by atoms with Crippen molar-refractivity contribution in [3.8, 4) is 0 Å². The van der Waals surface area contributed by atoms with E-state index in [9.17, 15) is 0 Å². The van der Waals surface area contributed by atoms with Crippen molar-refractivity contribution in [2.75, 3.05) is 31.6 Å². The van der Waals surface area contributed by atoms with E-state index in [0.29, 0.717) is 0 Å². The highest BCUT2D eigenvalue weighted by Crippen LogP contribution is 2.33. The minimum atomic E-state index is -0.0277. The molecule has 1 atom stereocenters. The number of piperidine rings is 1. The number of benzene rings is 1. The first-order valence-electron chi connectivity index (χ1n) is 7.37. The molecule has 0 radical (unpaired) electrons. The average molecular weight is 341 g/mol. The Hall–Kier alpha value is -0.580. The van der Waals surface area contributed by atoms with Crippen LogP contribution in [0.3, 0.4) is 0 Å². The molecule has 1 fully saturated rings. The molecule has 1 saturated heterocycles. The first-order chi connectivity index (χ1) is 9.58. The number of anilines is 1. The molecule has 3 nitrogen and oxygen atoms in total. The number of hydrogen-bond donors (Lipinski definition) is 1. The van der Waals surface area contributed by atoms with Gasteiger partial charge in [-0.05, 0) is 59.9 Å². The van der Waals surface area contributed by atoms with Gasteiger partial charge < -0.3 is 15.0 Å². The van der Waals surface area contributed by atoms with Gasteiger partial charge in [0.05, 0.1) is 11.3 Å². The molecule has 0 aromatic heterocycles.